The Bertz CT molecular complexity index is 802. The summed E-state index contributed by atoms with van der Waals surface area (Å²) in [7, 11) is 0. The zero-order valence-corrected chi connectivity index (χ0v) is 16.6. The first-order valence-electron chi connectivity index (χ1n) is 8.83. The predicted molar refractivity (Wildman–Crippen MR) is 109 cm³/mol. The lowest BCUT2D eigenvalue weighted by Gasteiger charge is -2.34. The van der Waals surface area contributed by atoms with Gasteiger partial charge in [0.05, 0.1) is 26.2 Å². The quantitative estimate of drug-likeness (QED) is 0.838. The molecular weight excluding hydrogens is 369 g/mol. The SMILES string of the molecule is Cc1ccc(Cl)cc1N1CC[NH+](CC(=O)Nc2cccc(Cl)c2C)CC1. The molecule has 0 saturated carbocycles. The molecule has 0 aromatic heterocycles. The molecule has 2 aromatic rings. The van der Waals surface area contributed by atoms with Crippen LogP contribution in [0.4, 0.5) is 11.4 Å². The molecule has 1 amide bonds. The molecular formula is C20H24Cl2N3O+. The van der Waals surface area contributed by atoms with Gasteiger partial charge >= 0.3 is 0 Å². The maximum Gasteiger partial charge on any atom is 0.279 e. The maximum atomic E-state index is 12.4. The average molecular weight is 393 g/mol. The zero-order valence-electron chi connectivity index (χ0n) is 15.1. The van der Waals surface area contributed by atoms with Gasteiger partial charge in [0, 0.05) is 21.4 Å². The van der Waals surface area contributed by atoms with E-state index in [0.717, 1.165) is 42.5 Å². The van der Waals surface area contributed by atoms with Gasteiger partial charge in [-0.1, -0.05) is 35.3 Å². The van der Waals surface area contributed by atoms with Crippen molar-refractivity contribution in [3.63, 3.8) is 0 Å². The minimum Gasteiger partial charge on any atom is -0.360 e. The van der Waals surface area contributed by atoms with E-state index in [1.54, 1.807) is 0 Å². The van der Waals surface area contributed by atoms with E-state index in [1.807, 2.05) is 37.3 Å². The topological polar surface area (TPSA) is 36.8 Å². The molecule has 0 aliphatic carbocycles. The number of carbonyl (C=O) groups is 1. The molecule has 1 heterocycles. The molecule has 0 spiro atoms. The van der Waals surface area contributed by atoms with Crippen LogP contribution in [0.3, 0.4) is 0 Å². The van der Waals surface area contributed by atoms with Crippen LogP contribution < -0.4 is 15.1 Å². The number of hydrogen-bond donors (Lipinski definition) is 2. The minimum atomic E-state index is 0.0257. The van der Waals surface area contributed by atoms with Crippen LogP contribution in [0.25, 0.3) is 0 Å². The van der Waals surface area contributed by atoms with Gasteiger partial charge in [-0.05, 0) is 49.2 Å². The number of carbonyl (C=O) groups excluding carboxylic acids is 1. The summed E-state index contributed by atoms with van der Waals surface area (Å²) in [6.07, 6.45) is 0. The lowest BCUT2D eigenvalue weighted by atomic mass is 10.1. The number of amides is 1. The molecule has 138 valence electrons. The van der Waals surface area contributed by atoms with Crippen molar-refractivity contribution in [2.45, 2.75) is 13.8 Å². The summed E-state index contributed by atoms with van der Waals surface area (Å²) in [5, 5.41) is 4.41. The van der Waals surface area contributed by atoms with Crippen molar-refractivity contribution in [2.24, 2.45) is 0 Å². The highest BCUT2D eigenvalue weighted by Crippen LogP contribution is 2.24. The number of benzene rings is 2. The molecule has 4 nitrogen and oxygen atoms in total. The number of halogens is 2. The number of nitrogens with one attached hydrogen (secondary N) is 2. The Kier molecular flexibility index (Phi) is 6.07. The highest BCUT2D eigenvalue weighted by Gasteiger charge is 2.23. The Morgan fingerprint density at radius 2 is 1.88 bits per heavy atom. The normalized spacial score (nSPS) is 15.2. The van der Waals surface area contributed by atoms with Gasteiger partial charge in [-0.3, -0.25) is 4.79 Å². The Morgan fingerprint density at radius 1 is 1.15 bits per heavy atom. The van der Waals surface area contributed by atoms with Crippen LogP contribution in [-0.4, -0.2) is 38.6 Å². The molecule has 0 radical (unpaired) electrons. The number of anilines is 2. The Morgan fingerprint density at radius 3 is 2.62 bits per heavy atom. The van der Waals surface area contributed by atoms with Crippen molar-refractivity contribution < 1.29 is 9.69 Å². The van der Waals surface area contributed by atoms with Crippen molar-refractivity contribution >= 4 is 40.5 Å². The van der Waals surface area contributed by atoms with E-state index < -0.39 is 0 Å². The van der Waals surface area contributed by atoms with E-state index in [9.17, 15) is 4.79 Å². The highest BCUT2D eigenvalue weighted by atomic mass is 35.5. The van der Waals surface area contributed by atoms with E-state index in [1.165, 1.54) is 16.2 Å². The molecule has 1 fully saturated rings. The van der Waals surface area contributed by atoms with E-state index in [2.05, 4.69) is 23.2 Å². The molecule has 2 aromatic carbocycles. The average Bonchev–Trinajstić information content (AvgIpc) is 2.62. The van der Waals surface area contributed by atoms with Crippen molar-refractivity contribution in [1.29, 1.82) is 0 Å². The second-order valence-corrected chi connectivity index (χ2v) is 7.65. The fourth-order valence-electron chi connectivity index (χ4n) is 3.33. The van der Waals surface area contributed by atoms with Gasteiger partial charge in [-0.15, -0.1) is 0 Å². The number of hydrogen-bond acceptors (Lipinski definition) is 2. The fraction of sp³-hybridized carbons (Fsp3) is 0.350. The summed E-state index contributed by atoms with van der Waals surface area (Å²) >= 11 is 12.3. The van der Waals surface area contributed by atoms with Crippen molar-refractivity contribution in [3.05, 3.63) is 57.6 Å². The maximum absolute atomic E-state index is 12.4. The molecule has 1 aliphatic heterocycles. The Hall–Kier alpha value is -1.75. The first-order chi connectivity index (χ1) is 12.4. The second-order valence-electron chi connectivity index (χ2n) is 6.81. The van der Waals surface area contributed by atoms with Crippen LogP contribution >= 0.6 is 23.2 Å². The van der Waals surface area contributed by atoms with Crippen LogP contribution in [0.15, 0.2) is 36.4 Å². The standard InChI is InChI=1S/C20H23Cl2N3O/c1-14-6-7-16(21)12-19(14)25-10-8-24(9-11-25)13-20(26)23-18-5-3-4-17(22)15(18)2/h3-7,12H,8-11,13H2,1-2H3,(H,23,26)/p+1. The lowest BCUT2D eigenvalue weighted by Crippen LogP contribution is -3.15. The van der Waals surface area contributed by atoms with Crippen LogP contribution in [-0.2, 0) is 4.79 Å². The third kappa shape index (κ3) is 4.50. The third-order valence-electron chi connectivity index (χ3n) is 4.93. The number of nitrogens with zero attached hydrogens (tertiary/aromatic N) is 1. The Labute approximate surface area is 164 Å². The van der Waals surface area contributed by atoms with Gasteiger partial charge < -0.3 is 15.1 Å². The van der Waals surface area contributed by atoms with Gasteiger partial charge in [-0.2, -0.15) is 0 Å². The lowest BCUT2D eigenvalue weighted by molar-refractivity contribution is -0.892. The van der Waals surface area contributed by atoms with Gasteiger partial charge in [-0.25, -0.2) is 0 Å². The van der Waals surface area contributed by atoms with Crippen molar-refractivity contribution in [3.8, 4) is 0 Å². The van der Waals surface area contributed by atoms with E-state index in [4.69, 9.17) is 23.2 Å². The highest BCUT2D eigenvalue weighted by molar-refractivity contribution is 6.31. The largest absolute Gasteiger partial charge is 0.360 e. The molecule has 26 heavy (non-hydrogen) atoms. The van der Waals surface area contributed by atoms with E-state index in [0.29, 0.717) is 11.6 Å². The number of quaternary nitrogens is 1. The monoisotopic (exact) mass is 392 g/mol. The van der Waals surface area contributed by atoms with Crippen molar-refractivity contribution in [1.82, 2.24) is 0 Å². The summed E-state index contributed by atoms with van der Waals surface area (Å²) in [6, 6.07) is 11.6. The van der Waals surface area contributed by atoms with Gasteiger partial charge in [0.25, 0.3) is 5.91 Å². The minimum absolute atomic E-state index is 0.0257. The van der Waals surface area contributed by atoms with Gasteiger partial charge in [0.15, 0.2) is 6.54 Å². The van der Waals surface area contributed by atoms with Crippen LogP contribution in [0.1, 0.15) is 11.1 Å². The molecule has 1 saturated heterocycles. The number of rotatable bonds is 4. The van der Waals surface area contributed by atoms with E-state index in [-0.39, 0.29) is 5.91 Å². The number of aryl methyl sites for hydroxylation is 1. The van der Waals surface area contributed by atoms with E-state index >= 15 is 0 Å². The van der Waals surface area contributed by atoms with Crippen molar-refractivity contribution in [2.75, 3.05) is 42.9 Å². The molecule has 0 bridgehead atoms. The van der Waals surface area contributed by atoms with Gasteiger partial charge in [0.2, 0.25) is 0 Å². The molecule has 0 unspecified atom stereocenters. The zero-order chi connectivity index (χ0) is 18.7. The summed E-state index contributed by atoms with van der Waals surface area (Å²) in [5.74, 6) is 0.0257. The Balaban J connectivity index is 1.54. The summed E-state index contributed by atoms with van der Waals surface area (Å²) in [6.45, 7) is 8.17. The molecule has 0 atom stereocenters. The first-order valence-corrected chi connectivity index (χ1v) is 9.59. The molecule has 2 N–H and O–H groups in total. The van der Waals surface area contributed by atoms with Crippen LogP contribution in [0.2, 0.25) is 10.0 Å². The van der Waals surface area contributed by atoms with Crippen LogP contribution in [0, 0.1) is 13.8 Å². The van der Waals surface area contributed by atoms with Gasteiger partial charge in [0.1, 0.15) is 0 Å². The molecule has 1 aliphatic rings. The second kappa shape index (κ2) is 8.30. The molecule has 3 rings (SSSR count). The predicted octanol–water partition coefficient (Wildman–Crippen LogP) is 2.95. The van der Waals surface area contributed by atoms with Crippen LogP contribution in [0.5, 0.6) is 0 Å². The third-order valence-corrected chi connectivity index (χ3v) is 5.58. The summed E-state index contributed by atoms with van der Waals surface area (Å²) in [4.78, 5) is 16.0. The molecule has 6 heteroatoms. The summed E-state index contributed by atoms with van der Waals surface area (Å²) in [5.41, 5.74) is 4.11. The summed E-state index contributed by atoms with van der Waals surface area (Å²) < 4.78 is 0. The smallest absolute Gasteiger partial charge is 0.279 e. The fourth-order valence-corrected chi connectivity index (χ4v) is 3.67. The number of piperazine rings is 1. The first kappa shape index (κ1) is 19.0.